The van der Waals surface area contributed by atoms with Gasteiger partial charge in [0.15, 0.2) is 5.76 Å². The maximum absolute atomic E-state index is 12.5. The van der Waals surface area contributed by atoms with Crippen LogP contribution < -0.4 is 0 Å². The zero-order chi connectivity index (χ0) is 18.7. The number of rotatable bonds is 5. The Bertz CT molecular complexity index is 765. The molecule has 0 saturated carbocycles. The number of furan rings is 1. The predicted octanol–water partition coefficient (Wildman–Crippen LogP) is -0.0937. The van der Waals surface area contributed by atoms with E-state index in [9.17, 15) is 22.8 Å². The largest absolute Gasteiger partial charge is 0.459 e. The Morgan fingerprint density at radius 3 is 2.31 bits per heavy atom. The van der Waals surface area contributed by atoms with Gasteiger partial charge in [-0.25, -0.2) is 8.42 Å². The number of hydrogen-bond donors (Lipinski definition) is 0. The van der Waals surface area contributed by atoms with Crippen molar-refractivity contribution >= 4 is 27.7 Å². The highest BCUT2D eigenvalue weighted by atomic mass is 32.2. The van der Waals surface area contributed by atoms with Gasteiger partial charge in [0.25, 0.3) is 5.91 Å². The monoisotopic (exact) mass is 383 g/mol. The Labute approximate surface area is 151 Å². The molecule has 10 heteroatoms. The lowest BCUT2D eigenvalue weighted by atomic mass is 10.1. The van der Waals surface area contributed by atoms with Crippen molar-refractivity contribution in [3.05, 3.63) is 24.2 Å². The van der Waals surface area contributed by atoms with Gasteiger partial charge in [-0.3, -0.25) is 19.3 Å². The summed E-state index contributed by atoms with van der Waals surface area (Å²) in [5.74, 6) is -0.966. The second kappa shape index (κ2) is 7.58. The van der Waals surface area contributed by atoms with E-state index in [1.54, 1.807) is 17.0 Å². The molecule has 0 bridgehead atoms. The molecule has 2 saturated heterocycles. The van der Waals surface area contributed by atoms with Gasteiger partial charge in [0.2, 0.25) is 21.8 Å². The summed E-state index contributed by atoms with van der Waals surface area (Å²) >= 11 is 0. The van der Waals surface area contributed by atoms with Crippen molar-refractivity contribution in [3.8, 4) is 0 Å². The summed E-state index contributed by atoms with van der Waals surface area (Å²) < 4.78 is 31.4. The molecule has 2 aliphatic rings. The maximum Gasteiger partial charge on any atom is 0.289 e. The van der Waals surface area contributed by atoms with Crippen LogP contribution in [0.5, 0.6) is 0 Å². The first kappa shape index (κ1) is 18.6. The fourth-order valence-electron chi connectivity index (χ4n) is 3.11. The molecule has 0 aromatic carbocycles. The molecule has 0 atom stereocenters. The Morgan fingerprint density at radius 2 is 1.73 bits per heavy atom. The minimum atomic E-state index is -3.61. The molecule has 9 nitrogen and oxygen atoms in total. The Kier molecular flexibility index (Phi) is 5.42. The third kappa shape index (κ3) is 3.96. The van der Waals surface area contributed by atoms with Crippen molar-refractivity contribution in [2.45, 2.75) is 19.3 Å². The molecule has 0 aliphatic carbocycles. The number of hydrogen-bond acceptors (Lipinski definition) is 6. The lowest BCUT2D eigenvalue weighted by Crippen LogP contribution is -2.52. The first-order valence-electron chi connectivity index (χ1n) is 8.52. The fraction of sp³-hybridized carbons (Fsp3) is 0.562. The van der Waals surface area contributed by atoms with Crippen molar-refractivity contribution in [2.75, 3.05) is 38.5 Å². The number of sulfonamides is 1. The molecular weight excluding hydrogens is 362 g/mol. The van der Waals surface area contributed by atoms with Gasteiger partial charge in [-0.2, -0.15) is 4.31 Å². The quantitative estimate of drug-likeness (QED) is 0.658. The van der Waals surface area contributed by atoms with Crippen molar-refractivity contribution in [1.29, 1.82) is 0 Å². The van der Waals surface area contributed by atoms with Crippen LogP contribution in [0, 0.1) is 0 Å². The zero-order valence-corrected chi connectivity index (χ0v) is 15.1. The minimum absolute atomic E-state index is 0.120. The van der Waals surface area contributed by atoms with E-state index >= 15 is 0 Å². The van der Waals surface area contributed by atoms with Crippen LogP contribution >= 0.6 is 0 Å². The molecule has 1 aromatic rings. The van der Waals surface area contributed by atoms with Crippen molar-refractivity contribution in [3.63, 3.8) is 0 Å². The highest BCUT2D eigenvalue weighted by Gasteiger charge is 2.32. The zero-order valence-electron chi connectivity index (χ0n) is 14.3. The highest BCUT2D eigenvalue weighted by molar-refractivity contribution is 7.89. The average Bonchev–Trinajstić information content (AvgIpc) is 3.15. The number of amides is 3. The SMILES string of the molecule is O=C(c1ccco1)N1CCN(S(=O)(=O)CCN2C(=O)CCCC2=O)CC1. The van der Waals surface area contributed by atoms with E-state index in [0.29, 0.717) is 6.42 Å². The summed E-state index contributed by atoms with van der Waals surface area (Å²) in [6.45, 7) is 0.763. The topological polar surface area (TPSA) is 108 Å². The fourth-order valence-corrected chi connectivity index (χ4v) is 4.50. The Balaban J connectivity index is 1.53. The third-order valence-corrected chi connectivity index (χ3v) is 6.46. The van der Waals surface area contributed by atoms with Crippen LogP contribution in [0.3, 0.4) is 0 Å². The summed E-state index contributed by atoms with van der Waals surface area (Å²) in [6.07, 6.45) is 2.49. The van der Waals surface area contributed by atoms with Crippen LogP contribution in [-0.2, 0) is 19.6 Å². The molecule has 3 heterocycles. The summed E-state index contributed by atoms with van der Waals surface area (Å²) in [7, 11) is -3.61. The van der Waals surface area contributed by atoms with Gasteiger partial charge in [-0.15, -0.1) is 0 Å². The molecule has 0 N–H and O–H groups in total. The summed E-state index contributed by atoms with van der Waals surface area (Å²) in [6, 6.07) is 3.19. The first-order valence-corrected chi connectivity index (χ1v) is 10.1. The number of nitrogens with zero attached hydrogens (tertiary/aromatic N) is 3. The molecule has 0 unspecified atom stereocenters. The normalized spacial score (nSPS) is 19.8. The standard InChI is InChI=1S/C16H21N3O6S/c20-14-4-1-5-15(21)19(14)10-12-26(23,24)18-8-6-17(7-9-18)16(22)13-3-2-11-25-13/h2-3,11H,1,4-10,12H2. The van der Waals surface area contributed by atoms with Crippen LogP contribution in [0.4, 0.5) is 0 Å². The van der Waals surface area contributed by atoms with Crippen LogP contribution in [0.25, 0.3) is 0 Å². The maximum atomic E-state index is 12.5. The first-order chi connectivity index (χ1) is 12.4. The number of likely N-dealkylation sites (tertiary alicyclic amines) is 1. The number of carbonyl (C=O) groups excluding carboxylic acids is 3. The van der Waals surface area contributed by atoms with E-state index in [2.05, 4.69) is 0 Å². The average molecular weight is 383 g/mol. The van der Waals surface area contributed by atoms with E-state index in [1.807, 2.05) is 0 Å². The van der Waals surface area contributed by atoms with Crippen LogP contribution in [0.1, 0.15) is 29.8 Å². The van der Waals surface area contributed by atoms with E-state index in [0.717, 1.165) is 4.90 Å². The second-order valence-electron chi connectivity index (χ2n) is 6.28. The van der Waals surface area contributed by atoms with Gasteiger partial charge in [0, 0.05) is 45.6 Å². The summed E-state index contributed by atoms with van der Waals surface area (Å²) in [4.78, 5) is 38.3. The van der Waals surface area contributed by atoms with Crippen molar-refractivity contribution < 1.29 is 27.2 Å². The molecular formula is C16H21N3O6S. The lowest BCUT2D eigenvalue weighted by molar-refractivity contribution is -0.147. The van der Waals surface area contributed by atoms with E-state index in [1.165, 1.54) is 10.6 Å². The molecule has 0 radical (unpaired) electrons. The number of imide groups is 1. The molecule has 26 heavy (non-hydrogen) atoms. The van der Waals surface area contributed by atoms with Crippen molar-refractivity contribution in [2.24, 2.45) is 0 Å². The smallest absolute Gasteiger partial charge is 0.289 e. The Hall–Kier alpha value is -2.20. The summed E-state index contributed by atoms with van der Waals surface area (Å²) in [5.41, 5.74) is 0. The number of piperazine rings is 1. The molecule has 3 amide bonds. The molecule has 0 spiro atoms. The lowest BCUT2D eigenvalue weighted by Gasteiger charge is -2.34. The van der Waals surface area contributed by atoms with Gasteiger partial charge < -0.3 is 9.32 Å². The molecule has 142 valence electrons. The number of carbonyl (C=O) groups is 3. The predicted molar refractivity (Wildman–Crippen MR) is 90.5 cm³/mol. The van der Waals surface area contributed by atoms with Gasteiger partial charge in [-0.1, -0.05) is 0 Å². The van der Waals surface area contributed by atoms with Crippen LogP contribution in [0.15, 0.2) is 22.8 Å². The van der Waals surface area contributed by atoms with Gasteiger partial charge in [0.05, 0.1) is 12.0 Å². The molecule has 3 rings (SSSR count). The molecule has 2 aliphatic heterocycles. The number of piperidine rings is 1. The van der Waals surface area contributed by atoms with E-state index in [-0.39, 0.29) is 74.8 Å². The van der Waals surface area contributed by atoms with Gasteiger partial charge in [0.1, 0.15) is 0 Å². The molecule has 2 fully saturated rings. The summed E-state index contributed by atoms with van der Waals surface area (Å²) in [5, 5.41) is 0. The van der Waals surface area contributed by atoms with Gasteiger partial charge in [-0.05, 0) is 18.6 Å². The van der Waals surface area contributed by atoms with E-state index < -0.39 is 10.0 Å². The minimum Gasteiger partial charge on any atom is -0.459 e. The third-order valence-electron chi connectivity index (χ3n) is 4.61. The highest BCUT2D eigenvalue weighted by Crippen LogP contribution is 2.15. The van der Waals surface area contributed by atoms with E-state index in [4.69, 9.17) is 4.42 Å². The van der Waals surface area contributed by atoms with Crippen LogP contribution in [0.2, 0.25) is 0 Å². The Morgan fingerprint density at radius 1 is 1.08 bits per heavy atom. The molecule has 1 aromatic heterocycles. The van der Waals surface area contributed by atoms with Gasteiger partial charge >= 0.3 is 0 Å². The van der Waals surface area contributed by atoms with Crippen LogP contribution in [-0.4, -0.2) is 78.7 Å². The second-order valence-corrected chi connectivity index (χ2v) is 8.37. The van der Waals surface area contributed by atoms with Crippen molar-refractivity contribution in [1.82, 2.24) is 14.1 Å².